The summed E-state index contributed by atoms with van der Waals surface area (Å²) in [6.07, 6.45) is -0.439. The van der Waals surface area contributed by atoms with Crippen molar-refractivity contribution in [1.29, 1.82) is 0 Å². The number of alkyl halides is 3. The molecule has 0 aliphatic rings. The summed E-state index contributed by atoms with van der Waals surface area (Å²) in [6, 6.07) is 7.28. The second kappa shape index (κ2) is 5.48. The van der Waals surface area contributed by atoms with Gasteiger partial charge in [-0.2, -0.15) is 18.2 Å². The van der Waals surface area contributed by atoms with E-state index >= 15 is 0 Å². The van der Waals surface area contributed by atoms with Crippen molar-refractivity contribution in [3.63, 3.8) is 0 Å². The molecule has 0 spiro atoms. The Morgan fingerprint density at radius 3 is 2.68 bits per heavy atom. The number of rotatable bonds is 2. The smallest absolute Gasteiger partial charge is 0.299 e. The Kier molecular flexibility index (Phi) is 3.78. The Balaban J connectivity index is 2.35. The van der Waals surface area contributed by atoms with E-state index in [1.54, 1.807) is 12.3 Å². The van der Waals surface area contributed by atoms with Gasteiger partial charge >= 0.3 is 6.18 Å². The number of aromatic nitrogens is 3. The van der Waals surface area contributed by atoms with Gasteiger partial charge in [-0.1, -0.05) is 12.1 Å². The van der Waals surface area contributed by atoms with Gasteiger partial charge in [0.1, 0.15) is 5.56 Å². The molecule has 2 aromatic heterocycles. The molecule has 3 nitrogen and oxygen atoms in total. The van der Waals surface area contributed by atoms with Crippen LogP contribution in [0.2, 0.25) is 5.28 Å². The number of halogens is 4. The second-order valence-electron chi connectivity index (χ2n) is 4.46. The van der Waals surface area contributed by atoms with Gasteiger partial charge in [0.2, 0.25) is 5.28 Å². The van der Waals surface area contributed by atoms with Gasteiger partial charge in [0, 0.05) is 22.7 Å². The minimum Gasteiger partial charge on any atom is -0.299 e. The first-order chi connectivity index (χ1) is 10.4. The SMILES string of the molecule is CSc1cccc2ccn(-c3nc(Cl)ncc3C(F)(F)F)c12. The highest BCUT2D eigenvalue weighted by molar-refractivity contribution is 7.98. The maximum atomic E-state index is 13.2. The lowest BCUT2D eigenvalue weighted by molar-refractivity contribution is -0.137. The summed E-state index contributed by atoms with van der Waals surface area (Å²) in [5, 5.41) is 0.598. The minimum atomic E-state index is -4.56. The van der Waals surface area contributed by atoms with E-state index in [1.165, 1.54) is 16.3 Å². The quantitative estimate of drug-likeness (QED) is 0.494. The molecule has 0 amide bonds. The van der Waals surface area contributed by atoms with Crippen LogP contribution in [0.1, 0.15) is 5.56 Å². The Morgan fingerprint density at radius 1 is 1.23 bits per heavy atom. The summed E-state index contributed by atoms with van der Waals surface area (Å²) in [7, 11) is 0. The predicted molar refractivity (Wildman–Crippen MR) is 80.7 cm³/mol. The zero-order valence-electron chi connectivity index (χ0n) is 11.2. The summed E-state index contributed by atoms with van der Waals surface area (Å²) in [6.45, 7) is 0. The Labute approximate surface area is 133 Å². The Hall–Kier alpha value is -1.73. The van der Waals surface area contributed by atoms with Gasteiger partial charge in [0.25, 0.3) is 0 Å². The molecular weight excluding hydrogens is 335 g/mol. The van der Waals surface area contributed by atoms with E-state index in [9.17, 15) is 13.2 Å². The highest BCUT2D eigenvalue weighted by Crippen LogP contribution is 2.36. The standard InChI is InChI=1S/C14H9ClF3N3S/c1-22-10-4-2-3-8-5-6-21(11(8)10)12-9(14(16,17)18)7-19-13(15)20-12/h2-7H,1H3. The van der Waals surface area contributed by atoms with Crippen molar-refractivity contribution in [3.05, 3.63) is 47.5 Å². The molecule has 0 N–H and O–H groups in total. The van der Waals surface area contributed by atoms with Crippen molar-refractivity contribution in [3.8, 4) is 5.82 Å². The third-order valence-corrected chi connectivity index (χ3v) is 4.12. The van der Waals surface area contributed by atoms with Crippen LogP contribution in [-0.2, 0) is 6.18 Å². The predicted octanol–water partition coefficient (Wildman–Crippen LogP) is 4.81. The summed E-state index contributed by atoms with van der Waals surface area (Å²) < 4.78 is 41.0. The van der Waals surface area contributed by atoms with Gasteiger partial charge in [-0.25, -0.2) is 4.98 Å². The highest BCUT2D eigenvalue weighted by Gasteiger charge is 2.36. The number of para-hydroxylation sites is 1. The average Bonchev–Trinajstić information content (AvgIpc) is 2.89. The van der Waals surface area contributed by atoms with Crippen LogP contribution in [0.4, 0.5) is 13.2 Å². The van der Waals surface area contributed by atoms with Crippen molar-refractivity contribution in [2.75, 3.05) is 6.26 Å². The third-order valence-electron chi connectivity index (χ3n) is 3.17. The number of hydrogen-bond donors (Lipinski definition) is 0. The molecule has 0 unspecified atom stereocenters. The zero-order chi connectivity index (χ0) is 15.9. The van der Waals surface area contributed by atoms with Gasteiger partial charge < -0.3 is 0 Å². The average molecular weight is 344 g/mol. The maximum Gasteiger partial charge on any atom is 0.421 e. The Bertz CT molecular complexity index is 845. The third kappa shape index (κ3) is 2.55. The first kappa shape index (κ1) is 15.2. The fraction of sp³-hybridized carbons (Fsp3) is 0.143. The molecule has 2 heterocycles. The molecule has 1 aromatic carbocycles. The molecule has 0 aliphatic carbocycles. The van der Waals surface area contributed by atoms with E-state index in [1.807, 2.05) is 24.5 Å². The second-order valence-corrected chi connectivity index (χ2v) is 5.64. The van der Waals surface area contributed by atoms with Crippen LogP contribution in [0.5, 0.6) is 0 Å². The molecule has 114 valence electrons. The van der Waals surface area contributed by atoms with E-state index in [0.29, 0.717) is 11.7 Å². The molecule has 0 fully saturated rings. The van der Waals surface area contributed by atoms with Crippen molar-refractivity contribution < 1.29 is 13.2 Å². The van der Waals surface area contributed by atoms with Crippen LogP contribution in [0.3, 0.4) is 0 Å². The van der Waals surface area contributed by atoms with Crippen molar-refractivity contribution >= 4 is 34.3 Å². The summed E-state index contributed by atoms with van der Waals surface area (Å²) in [5.41, 5.74) is -0.263. The van der Waals surface area contributed by atoms with Crippen LogP contribution < -0.4 is 0 Å². The maximum absolute atomic E-state index is 13.2. The minimum absolute atomic E-state index is 0.230. The van der Waals surface area contributed by atoms with E-state index < -0.39 is 11.7 Å². The molecule has 0 saturated carbocycles. The van der Waals surface area contributed by atoms with Gasteiger partial charge in [0.05, 0.1) is 5.52 Å². The monoisotopic (exact) mass is 343 g/mol. The lowest BCUT2D eigenvalue weighted by Crippen LogP contribution is -2.13. The van der Waals surface area contributed by atoms with Crippen molar-refractivity contribution in [2.45, 2.75) is 11.1 Å². The lowest BCUT2D eigenvalue weighted by Gasteiger charge is -2.14. The molecule has 22 heavy (non-hydrogen) atoms. The topological polar surface area (TPSA) is 30.7 Å². The summed E-state index contributed by atoms with van der Waals surface area (Å²) in [5.74, 6) is -0.274. The zero-order valence-corrected chi connectivity index (χ0v) is 12.8. The van der Waals surface area contributed by atoms with Crippen LogP contribution in [0.25, 0.3) is 16.7 Å². The largest absolute Gasteiger partial charge is 0.421 e. The van der Waals surface area contributed by atoms with Gasteiger partial charge in [-0.05, 0) is 30.0 Å². The van der Waals surface area contributed by atoms with Crippen LogP contribution in [0, 0.1) is 0 Å². The van der Waals surface area contributed by atoms with Crippen molar-refractivity contribution in [1.82, 2.24) is 14.5 Å². The molecule has 0 atom stereocenters. The fourth-order valence-electron chi connectivity index (χ4n) is 2.24. The van der Waals surface area contributed by atoms with E-state index in [2.05, 4.69) is 9.97 Å². The fourth-order valence-corrected chi connectivity index (χ4v) is 2.99. The molecule has 0 radical (unpaired) electrons. The van der Waals surface area contributed by atoms with E-state index in [4.69, 9.17) is 11.6 Å². The lowest BCUT2D eigenvalue weighted by atomic mass is 10.2. The normalized spacial score (nSPS) is 12.0. The highest BCUT2D eigenvalue weighted by atomic mass is 35.5. The van der Waals surface area contributed by atoms with Gasteiger partial charge in [-0.15, -0.1) is 11.8 Å². The van der Waals surface area contributed by atoms with E-state index in [-0.39, 0.29) is 11.1 Å². The first-order valence-corrected chi connectivity index (χ1v) is 7.76. The van der Waals surface area contributed by atoms with Gasteiger partial charge in [-0.3, -0.25) is 4.57 Å². The molecule has 0 saturated heterocycles. The molecule has 3 rings (SSSR count). The number of fused-ring (bicyclic) bond motifs is 1. The number of hydrogen-bond acceptors (Lipinski definition) is 3. The number of thioether (sulfide) groups is 1. The summed E-state index contributed by atoms with van der Waals surface area (Å²) >= 11 is 7.15. The molecular formula is C14H9ClF3N3S. The van der Waals surface area contributed by atoms with E-state index in [0.717, 1.165) is 10.3 Å². The molecule has 0 bridgehead atoms. The molecule has 0 aliphatic heterocycles. The molecule has 8 heteroatoms. The van der Waals surface area contributed by atoms with Crippen molar-refractivity contribution in [2.24, 2.45) is 0 Å². The van der Waals surface area contributed by atoms with Crippen LogP contribution >= 0.6 is 23.4 Å². The van der Waals surface area contributed by atoms with Crippen LogP contribution in [-0.4, -0.2) is 20.8 Å². The molecule has 3 aromatic rings. The Morgan fingerprint density at radius 2 is 2.00 bits per heavy atom. The summed E-state index contributed by atoms with van der Waals surface area (Å²) in [4.78, 5) is 8.10. The first-order valence-electron chi connectivity index (χ1n) is 6.16. The number of nitrogens with zero attached hydrogens (tertiary/aromatic N) is 3. The van der Waals surface area contributed by atoms with Crippen LogP contribution in [0.15, 0.2) is 41.6 Å². The number of benzene rings is 1. The van der Waals surface area contributed by atoms with Gasteiger partial charge in [0.15, 0.2) is 5.82 Å².